The Labute approximate surface area is 135 Å². The van der Waals surface area contributed by atoms with Crippen LogP contribution in [0.1, 0.15) is 33.6 Å². The third-order valence-corrected chi connectivity index (χ3v) is 6.59. The fourth-order valence-electron chi connectivity index (χ4n) is 2.37. The summed E-state index contributed by atoms with van der Waals surface area (Å²) in [7, 11) is -3.47. The Bertz CT molecular complexity index is 605. The molecule has 124 valence electrons. The van der Waals surface area contributed by atoms with Gasteiger partial charge in [0.2, 0.25) is 0 Å². The highest BCUT2D eigenvalue weighted by molar-refractivity contribution is 7.91. The van der Waals surface area contributed by atoms with E-state index in [2.05, 4.69) is 5.32 Å². The van der Waals surface area contributed by atoms with Crippen molar-refractivity contribution in [3.05, 3.63) is 17.5 Å². The molecule has 8 heteroatoms. The number of hydrogen-bond donors (Lipinski definition) is 1. The first-order valence-corrected chi connectivity index (χ1v) is 9.54. The van der Waals surface area contributed by atoms with Crippen molar-refractivity contribution in [2.24, 2.45) is 0 Å². The molecule has 1 atom stereocenters. The number of carbonyl (C=O) groups is 1. The summed E-state index contributed by atoms with van der Waals surface area (Å²) in [6.07, 6.45) is 1.01. The maximum atomic E-state index is 12.6. The zero-order valence-electron chi connectivity index (χ0n) is 13.0. The summed E-state index contributed by atoms with van der Waals surface area (Å²) in [6.45, 7) is 6.11. The molecule has 0 unspecified atom stereocenters. The molecule has 0 radical (unpaired) electrons. The van der Waals surface area contributed by atoms with Crippen LogP contribution in [0.2, 0.25) is 0 Å². The lowest BCUT2D eigenvalue weighted by Crippen LogP contribution is -2.44. The van der Waals surface area contributed by atoms with Crippen LogP contribution in [0.3, 0.4) is 0 Å². The molecule has 0 aromatic carbocycles. The minimum Gasteiger partial charge on any atom is -0.444 e. The van der Waals surface area contributed by atoms with E-state index in [9.17, 15) is 13.2 Å². The summed E-state index contributed by atoms with van der Waals surface area (Å²) < 4.78 is 32.1. The number of hydrogen-bond acceptors (Lipinski definition) is 5. The van der Waals surface area contributed by atoms with Gasteiger partial charge in [-0.1, -0.05) is 6.07 Å². The lowest BCUT2D eigenvalue weighted by molar-refractivity contribution is 0.0519. The van der Waals surface area contributed by atoms with Gasteiger partial charge >= 0.3 is 6.09 Å². The van der Waals surface area contributed by atoms with Crippen LogP contribution in [0.4, 0.5) is 4.79 Å². The van der Waals surface area contributed by atoms with Crippen LogP contribution in [0, 0.1) is 0 Å². The first-order valence-electron chi connectivity index (χ1n) is 7.22. The third kappa shape index (κ3) is 4.21. The summed E-state index contributed by atoms with van der Waals surface area (Å²) in [5, 5.41) is 4.41. The van der Waals surface area contributed by atoms with Gasteiger partial charge in [0.1, 0.15) is 9.81 Å². The van der Waals surface area contributed by atoms with Crippen molar-refractivity contribution in [1.82, 2.24) is 9.62 Å². The number of nitrogens with one attached hydrogen (secondary N) is 1. The topological polar surface area (TPSA) is 75.7 Å². The molecule has 2 rings (SSSR count). The minimum atomic E-state index is -3.47. The summed E-state index contributed by atoms with van der Waals surface area (Å²) >= 11 is 1.21. The Morgan fingerprint density at radius 1 is 1.50 bits per heavy atom. The number of alkyl carbamates (subject to hydrolysis) is 1. The van der Waals surface area contributed by atoms with Gasteiger partial charge in [0.25, 0.3) is 10.0 Å². The molecule has 1 aromatic rings. The molecule has 0 spiro atoms. The van der Waals surface area contributed by atoms with Crippen molar-refractivity contribution >= 4 is 27.5 Å². The predicted molar refractivity (Wildman–Crippen MR) is 85.5 cm³/mol. The Hall–Kier alpha value is -1.12. The lowest BCUT2D eigenvalue weighted by atomic mass is 10.2. The van der Waals surface area contributed by atoms with E-state index >= 15 is 0 Å². The van der Waals surface area contributed by atoms with E-state index in [1.54, 1.807) is 38.3 Å². The average molecular weight is 346 g/mol. The normalized spacial score (nSPS) is 20.0. The van der Waals surface area contributed by atoms with Crippen LogP contribution in [0.15, 0.2) is 21.7 Å². The lowest BCUT2D eigenvalue weighted by Gasteiger charge is -2.25. The second kappa shape index (κ2) is 6.55. The van der Waals surface area contributed by atoms with Crippen molar-refractivity contribution in [1.29, 1.82) is 0 Å². The van der Waals surface area contributed by atoms with Crippen LogP contribution >= 0.6 is 11.3 Å². The Morgan fingerprint density at radius 2 is 2.23 bits per heavy atom. The van der Waals surface area contributed by atoms with Crippen LogP contribution in [0.25, 0.3) is 0 Å². The van der Waals surface area contributed by atoms with E-state index in [1.165, 1.54) is 15.6 Å². The average Bonchev–Trinajstić information content (AvgIpc) is 3.06. The minimum absolute atomic E-state index is 0.223. The first kappa shape index (κ1) is 17.2. The number of rotatable bonds is 4. The number of carbonyl (C=O) groups excluding carboxylic acids is 1. The summed E-state index contributed by atoms with van der Waals surface area (Å²) in [5.74, 6) is 0. The molecular weight excluding hydrogens is 324 g/mol. The maximum absolute atomic E-state index is 12.6. The Balaban J connectivity index is 1.98. The fourth-order valence-corrected chi connectivity index (χ4v) is 5.18. The van der Waals surface area contributed by atoms with Crippen molar-refractivity contribution in [2.45, 2.75) is 49.5 Å². The van der Waals surface area contributed by atoms with E-state index in [1.807, 2.05) is 0 Å². The smallest absolute Gasteiger partial charge is 0.407 e. The molecule has 1 saturated heterocycles. The Kier molecular flexibility index (Phi) is 5.14. The molecule has 0 saturated carbocycles. The van der Waals surface area contributed by atoms with Gasteiger partial charge in [0.05, 0.1) is 0 Å². The summed E-state index contributed by atoms with van der Waals surface area (Å²) in [6, 6.07) is 3.11. The van der Waals surface area contributed by atoms with Crippen LogP contribution in [-0.2, 0) is 14.8 Å². The monoisotopic (exact) mass is 346 g/mol. The number of sulfonamides is 1. The molecule has 1 aromatic heterocycles. The quantitative estimate of drug-likeness (QED) is 0.908. The molecule has 0 bridgehead atoms. The zero-order valence-corrected chi connectivity index (χ0v) is 14.7. The molecule has 1 amide bonds. The van der Waals surface area contributed by atoms with Gasteiger partial charge in [-0.05, 0) is 45.1 Å². The number of amides is 1. The van der Waals surface area contributed by atoms with Crippen LogP contribution in [0.5, 0.6) is 0 Å². The molecular formula is C14H22N2O4S2. The fraction of sp³-hybridized carbons (Fsp3) is 0.643. The molecule has 1 N–H and O–H groups in total. The second-order valence-electron chi connectivity index (χ2n) is 6.23. The molecule has 0 aliphatic carbocycles. The van der Waals surface area contributed by atoms with Gasteiger partial charge in [-0.25, -0.2) is 13.2 Å². The van der Waals surface area contributed by atoms with E-state index in [4.69, 9.17) is 4.74 Å². The van der Waals surface area contributed by atoms with E-state index in [-0.39, 0.29) is 12.6 Å². The molecule has 1 aliphatic rings. The van der Waals surface area contributed by atoms with Crippen molar-refractivity contribution < 1.29 is 17.9 Å². The van der Waals surface area contributed by atoms with Crippen molar-refractivity contribution in [2.75, 3.05) is 13.1 Å². The summed E-state index contributed by atoms with van der Waals surface area (Å²) in [4.78, 5) is 11.7. The molecule has 1 aliphatic heterocycles. The second-order valence-corrected chi connectivity index (χ2v) is 9.29. The van der Waals surface area contributed by atoms with Gasteiger partial charge in [0, 0.05) is 19.1 Å². The first-order chi connectivity index (χ1) is 10.2. The molecule has 2 heterocycles. The third-order valence-electron chi connectivity index (χ3n) is 3.26. The van der Waals surface area contributed by atoms with Crippen LogP contribution < -0.4 is 5.32 Å². The number of ether oxygens (including phenoxy) is 1. The van der Waals surface area contributed by atoms with Gasteiger partial charge in [-0.15, -0.1) is 11.3 Å². The van der Waals surface area contributed by atoms with Crippen molar-refractivity contribution in [3.63, 3.8) is 0 Å². The van der Waals surface area contributed by atoms with Gasteiger partial charge in [0.15, 0.2) is 0 Å². The maximum Gasteiger partial charge on any atom is 0.407 e. The molecule has 22 heavy (non-hydrogen) atoms. The highest BCUT2D eigenvalue weighted by atomic mass is 32.2. The molecule has 1 fully saturated rings. The van der Waals surface area contributed by atoms with E-state index in [0.717, 1.165) is 12.8 Å². The highest BCUT2D eigenvalue weighted by Gasteiger charge is 2.36. The van der Waals surface area contributed by atoms with Gasteiger partial charge < -0.3 is 10.1 Å². The number of nitrogens with zero attached hydrogens (tertiary/aromatic N) is 1. The standard InChI is InChI=1S/C14H22N2O4S2/c1-14(2,3)20-13(17)15-10-11-6-4-8-16(11)22(18,19)12-7-5-9-21-12/h5,7,9,11H,4,6,8,10H2,1-3H3,(H,15,17)/t11-/m1/s1. The Morgan fingerprint density at radius 3 is 2.82 bits per heavy atom. The van der Waals surface area contributed by atoms with Crippen molar-refractivity contribution in [3.8, 4) is 0 Å². The summed E-state index contributed by atoms with van der Waals surface area (Å²) in [5.41, 5.74) is -0.567. The molecule has 6 nitrogen and oxygen atoms in total. The van der Waals surface area contributed by atoms with Gasteiger partial charge in [-0.2, -0.15) is 4.31 Å². The van der Waals surface area contributed by atoms with Gasteiger partial charge in [-0.3, -0.25) is 0 Å². The SMILES string of the molecule is CC(C)(C)OC(=O)NC[C@H]1CCCN1S(=O)(=O)c1cccs1. The van der Waals surface area contributed by atoms with E-state index < -0.39 is 21.7 Å². The highest BCUT2D eigenvalue weighted by Crippen LogP contribution is 2.28. The zero-order chi connectivity index (χ0) is 16.4. The van der Waals surface area contributed by atoms with Crippen LogP contribution in [-0.4, -0.2) is 43.5 Å². The number of thiophene rings is 1. The largest absolute Gasteiger partial charge is 0.444 e. The predicted octanol–water partition coefficient (Wildman–Crippen LogP) is 2.43. The van der Waals surface area contributed by atoms with E-state index in [0.29, 0.717) is 10.8 Å².